The van der Waals surface area contributed by atoms with Crippen LogP contribution in [0.25, 0.3) is 5.70 Å². The Morgan fingerprint density at radius 1 is 0.793 bits per heavy atom. The predicted octanol–water partition coefficient (Wildman–Crippen LogP) is 5.34. The fraction of sp³-hybridized carbons (Fsp3) is 0.0417. The molecule has 0 radical (unpaired) electrons. The van der Waals surface area contributed by atoms with Gasteiger partial charge in [-0.25, -0.2) is 4.99 Å². The fourth-order valence-corrected chi connectivity index (χ4v) is 3.73. The number of hydrazine groups is 1. The molecule has 0 aliphatic carbocycles. The van der Waals surface area contributed by atoms with Crippen molar-refractivity contribution in [3.8, 4) is 0 Å². The van der Waals surface area contributed by atoms with Gasteiger partial charge in [-0.1, -0.05) is 76.1 Å². The van der Waals surface area contributed by atoms with Crippen LogP contribution in [-0.2, 0) is 0 Å². The first-order valence-electron chi connectivity index (χ1n) is 9.43. The minimum atomic E-state index is 0.894. The Labute approximate surface area is 178 Å². The molecule has 3 aromatic carbocycles. The monoisotopic (exact) mass is 442 g/mol. The van der Waals surface area contributed by atoms with Gasteiger partial charge in [0, 0.05) is 27.5 Å². The van der Waals surface area contributed by atoms with Crippen molar-refractivity contribution in [1.82, 2.24) is 10.9 Å². The molecular weight excluding hydrogens is 424 g/mol. The Hall–Kier alpha value is -3.31. The topological polar surface area (TPSA) is 39.7 Å². The third kappa shape index (κ3) is 3.34. The number of halogens is 1. The van der Waals surface area contributed by atoms with E-state index in [2.05, 4.69) is 93.3 Å². The summed E-state index contributed by atoms with van der Waals surface area (Å²) in [5, 5.41) is 0. The van der Waals surface area contributed by atoms with Crippen molar-refractivity contribution in [3.05, 3.63) is 118 Å². The first kappa shape index (κ1) is 17.8. The predicted molar refractivity (Wildman–Crippen MR) is 122 cm³/mol. The molecule has 0 unspecified atom stereocenters. The molecule has 2 N–H and O–H groups in total. The molecule has 2 heterocycles. The Morgan fingerprint density at radius 2 is 1.52 bits per heavy atom. The van der Waals surface area contributed by atoms with Crippen LogP contribution in [0, 0.1) is 6.92 Å². The average molecular weight is 443 g/mol. The van der Waals surface area contributed by atoms with Crippen molar-refractivity contribution in [2.24, 2.45) is 4.99 Å². The number of nitrogens with one attached hydrogen (secondary N) is 2. The van der Waals surface area contributed by atoms with E-state index in [1.54, 1.807) is 0 Å². The number of hydrogen-bond donors (Lipinski definition) is 2. The third-order valence-electron chi connectivity index (χ3n) is 5.00. The number of benzene rings is 3. The second-order valence-electron chi connectivity index (χ2n) is 7.03. The Bertz CT molecular complexity index is 1140. The molecule has 0 spiro atoms. The van der Waals surface area contributed by atoms with E-state index in [9.17, 15) is 0 Å². The normalized spacial score (nSPS) is 15.3. The second kappa shape index (κ2) is 7.26. The highest BCUT2D eigenvalue weighted by Crippen LogP contribution is 2.33. The maximum absolute atomic E-state index is 5.10. The van der Waals surface area contributed by atoms with Gasteiger partial charge in [0.1, 0.15) is 11.5 Å². The van der Waals surface area contributed by atoms with Crippen molar-refractivity contribution < 1.29 is 0 Å². The van der Waals surface area contributed by atoms with Crippen LogP contribution >= 0.6 is 15.9 Å². The fourth-order valence-electron chi connectivity index (χ4n) is 3.46. The smallest absolute Gasteiger partial charge is 0.145 e. The summed E-state index contributed by atoms with van der Waals surface area (Å²) < 4.78 is 1.05. The molecule has 0 saturated heterocycles. The lowest BCUT2D eigenvalue weighted by Crippen LogP contribution is -2.32. The molecule has 0 amide bonds. The van der Waals surface area contributed by atoms with Crippen LogP contribution in [0.1, 0.15) is 16.7 Å². The van der Waals surface area contributed by atoms with Gasteiger partial charge in [0.25, 0.3) is 0 Å². The second-order valence-corrected chi connectivity index (χ2v) is 7.95. The summed E-state index contributed by atoms with van der Waals surface area (Å²) in [5.41, 5.74) is 13.9. The van der Waals surface area contributed by atoms with E-state index < -0.39 is 0 Å². The van der Waals surface area contributed by atoms with E-state index in [1.165, 1.54) is 5.56 Å². The van der Waals surface area contributed by atoms with Crippen LogP contribution < -0.4 is 15.8 Å². The molecular formula is C24H19BrN4. The maximum Gasteiger partial charge on any atom is 0.145 e. The summed E-state index contributed by atoms with van der Waals surface area (Å²) in [6, 6.07) is 27.0. The summed E-state index contributed by atoms with van der Waals surface area (Å²) >= 11 is 3.52. The van der Waals surface area contributed by atoms with Crippen LogP contribution in [0.5, 0.6) is 0 Å². The molecule has 0 saturated carbocycles. The zero-order chi connectivity index (χ0) is 19.8. The van der Waals surface area contributed by atoms with Gasteiger partial charge < -0.3 is 0 Å². The third-order valence-corrected chi connectivity index (χ3v) is 5.52. The SMILES string of the molecule is Cc1ccc(C2=NC3=C(c4ccccc4)NNC3=CN2c2ccc(Br)cc2)cc1. The van der Waals surface area contributed by atoms with Crippen LogP contribution in [0.15, 0.2) is 106 Å². The Kier molecular flexibility index (Phi) is 4.45. The number of rotatable bonds is 3. The standard InChI is InChI=1S/C24H19BrN4/c1-16-7-9-18(10-8-16)24-26-23-21(15-29(24)20-13-11-19(25)12-14-20)27-28-22(23)17-5-3-2-4-6-17/h2-15,27-28H,1H3. The number of aryl methyl sites for hydroxylation is 1. The average Bonchev–Trinajstić information content (AvgIpc) is 3.18. The number of amidine groups is 1. The molecule has 0 fully saturated rings. The van der Waals surface area contributed by atoms with Gasteiger partial charge >= 0.3 is 0 Å². The number of aliphatic imine (C=N–C) groups is 1. The van der Waals surface area contributed by atoms with Gasteiger partial charge in [-0.3, -0.25) is 15.8 Å². The first-order valence-corrected chi connectivity index (χ1v) is 10.2. The van der Waals surface area contributed by atoms with E-state index in [-0.39, 0.29) is 0 Å². The molecule has 5 rings (SSSR count). The highest BCUT2D eigenvalue weighted by atomic mass is 79.9. The zero-order valence-corrected chi connectivity index (χ0v) is 17.4. The highest BCUT2D eigenvalue weighted by Gasteiger charge is 2.28. The van der Waals surface area contributed by atoms with Gasteiger partial charge in [-0.05, 0) is 31.2 Å². The van der Waals surface area contributed by atoms with Crippen molar-refractivity contribution in [3.63, 3.8) is 0 Å². The van der Waals surface area contributed by atoms with E-state index in [0.29, 0.717) is 0 Å². The van der Waals surface area contributed by atoms with Crippen LogP contribution in [-0.4, -0.2) is 5.84 Å². The van der Waals surface area contributed by atoms with Gasteiger partial charge in [0.2, 0.25) is 0 Å². The van der Waals surface area contributed by atoms with Crippen LogP contribution in [0.4, 0.5) is 5.69 Å². The molecule has 29 heavy (non-hydrogen) atoms. The van der Waals surface area contributed by atoms with Gasteiger partial charge in [0.15, 0.2) is 0 Å². The summed E-state index contributed by atoms with van der Waals surface area (Å²) in [6.45, 7) is 2.10. The highest BCUT2D eigenvalue weighted by molar-refractivity contribution is 9.10. The Balaban J connectivity index is 1.67. The van der Waals surface area contributed by atoms with E-state index in [4.69, 9.17) is 4.99 Å². The number of anilines is 1. The number of fused-ring (bicyclic) bond motifs is 1. The molecule has 5 heteroatoms. The molecule has 4 nitrogen and oxygen atoms in total. The van der Waals surface area contributed by atoms with Crippen LogP contribution in [0.2, 0.25) is 0 Å². The van der Waals surface area contributed by atoms with Crippen LogP contribution in [0.3, 0.4) is 0 Å². The van der Waals surface area contributed by atoms with E-state index in [1.807, 2.05) is 30.3 Å². The lowest BCUT2D eigenvalue weighted by Gasteiger charge is -2.27. The molecule has 142 valence electrons. The lowest BCUT2D eigenvalue weighted by molar-refractivity contribution is 0.792. The summed E-state index contributed by atoms with van der Waals surface area (Å²) in [7, 11) is 0. The zero-order valence-electron chi connectivity index (χ0n) is 15.9. The van der Waals surface area contributed by atoms with Crippen molar-refractivity contribution >= 4 is 33.1 Å². The summed E-state index contributed by atoms with van der Waals surface area (Å²) in [5.74, 6) is 0.894. The molecule has 2 aliphatic rings. The van der Waals surface area contributed by atoms with Gasteiger partial charge in [-0.15, -0.1) is 0 Å². The quantitative estimate of drug-likeness (QED) is 0.574. The summed E-state index contributed by atoms with van der Waals surface area (Å²) in [4.78, 5) is 7.22. The minimum absolute atomic E-state index is 0.894. The molecule has 3 aromatic rings. The molecule has 0 bridgehead atoms. The molecule has 0 atom stereocenters. The largest absolute Gasteiger partial charge is 0.299 e. The van der Waals surface area contributed by atoms with Crippen molar-refractivity contribution in [2.45, 2.75) is 6.92 Å². The van der Waals surface area contributed by atoms with Crippen molar-refractivity contribution in [2.75, 3.05) is 4.90 Å². The minimum Gasteiger partial charge on any atom is -0.299 e. The molecule has 2 aliphatic heterocycles. The molecule has 0 aromatic heterocycles. The first-order chi connectivity index (χ1) is 14.2. The Morgan fingerprint density at radius 3 is 2.24 bits per heavy atom. The summed E-state index contributed by atoms with van der Waals surface area (Å²) in [6.07, 6.45) is 2.10. The number of hydrogen-bond acceptors (Lipinski definition) is 4. The van der Waals surface area contributed by atoms with Crippen molar-refractivity contribution in [1.29, 1.82) is 0 Å². The number of nitrogens with zero attached hydrogens (tertiary/aromatic N) is 2. The van der Waals surface area contributed by atoms with Gasteiger partial charge in [0.05, 0.1) is 11.4 Å². The van der Waals surface area contributed by atoms with E-state index >= 15 is 0 Å². The lowest BCUT2D eigenvalue weighted by atomic mass is 10.1. The van der Waals surface area contributed by atoms with Gasteiger partial charge in [-0.2, -0.15) is 0 Å². The maximum atomic E-state index is 5.10. The van der Waals surface area contributed by atoms with E-state index in [0.717, 1.165) is 44.2 Å².